The average molecular weight is 502 g/mol. The van der Waals surface area contributed by atoms with Crippen molar-refractivity contribution in [2.45, 2.75) is 73.6 Å². The number of benzene rings is 1. The van der Waals surface area contributed by atoms with E-state index in [1.807, 2.05) is 13.8 Å². The summed E-state index contributed by atoms with van der Waals surface area (Å²) >= 11 is 0. The number of rotatable bonds is 17. The van der Waals surface area contributed by atoms with E-state index >= 15 is 0 Å². The molecule has 36 heavy (non-hydrogen) atoms. The Morgan fingerprint density at radius 2 is 1.31 bits per heavy atom. The molecular formula is C30H47NO5. The van der Waals surface area contributed by atoms with Gasteiger partial charge in [0.2, 0.25) is 0 Å². The van der Waals surface area contributed by atoms with Crippen LogP contribution >= 0.6 is 0 Å². The van der Waals surface area contributed by atoms with Crippen LogP contribution in [0.25, 0.3) is 0 Å². The summed E-state index contributed by atoms with van der Waals surface area (Å²) in [5.41, 5.74) is 5.48. The Morgan fingerprint density at radius 3 is 1.78 bits per heavy atom. The van der Waals surface area contributed by atoms with Crippen LogP contribution in [0.1, 0.15) is 83.1 Å². The minimum atomic E-state index is -0.0606. The van der Waals surface area contributed by atoms with E-state index in [1.165, 1.54) is 16.7 Å². The van der Waals surface area contributed by atoms with Crippen molar-refractivity contribution in [3.05, 3.63) is 58.2 Å². The van der Waals surface area contributed by atoms with Crippen LogP contribution in [0.5, 0.6) is 11.5 Å². The molecule has 0 saturated carbocycles. The number of amides is 1. The first kappa shape index (κ1) is 31.5. The Labute approximate surface area is 218 Å². The summed E-state index contributed by atoms with van der Waals surface area (Å²) in [4.78, 5) is 14.8. The van der Waals surface area contributed by atoms with Crippen LogP contribution in [-0.2, 0) is 15.9 Å². The van der Waals surface area contributed by atoms with Crippen LogP contribution in [0, 0.1) is 0 Å². The van der Waals surface area contributed by atoms with Gasteiger partial charge in [0.15, 0.2) is 13.6 Å². The van der Waals surface area contributed by atoms with Crippen molar-refractivity contribution in [1.82, 2.24) is 4.90 Å². The summed E-state index contributed by atoms with van der Waals surface area (Å²) in [6.45, 7) is 14.0. The molecule has 6 heteroatoms. The summed E-state index contributed by atoms with van der Waals surface area (Å²) < 4.78 is 22.1. The predicted octanol–water partition coefficient (Wildman–Crippen LogP) is 7.10. The van der Waals surface area contributed by atoms with Crippen molar-refractivity contribution in [3.8, 4) is 11.5 Å². The normalized spacial score (nSPS) is 11.9. The van der Waals surface area contributed by atoms with Gasteiger partial charge in [0.1, 0.15) is 11.5 Å². The fraction of sp³-hybridized carbons (Fsp3) is 0.567. The van der Waals surface area contributed by atoms with E-state index in [0.29, 0.717) is 36.6 Å². The molecule has 202 valence electrons. The molecule has 0 spiro atoms. The molecule has 0 saturated heterocycles. The molecule has 0 bridgehead atoms. The van der Waals surface area contributed by atoms with Gasteiger partial charge in [-0.2, -0.15) is 0 Å². The highest BCUT2D eigenvalue weighted by molar-refractivity contribution is 5.95. The molecule has 0 unspecified atom stereocenters. The van der Waals surface area contributed by atoms with Gasteiger partial charge in [-0.05, 0) is 85.8 Å². The van der Waals surface area contributed by atoms with Gasteiger partial charge >= 0.3 is 0 Å². The lowest BCUT2D eigenvalue weighted by Gasteiger charge is -2.21. The minimum Gasteiger partial charge on any atom is -0.467 e. The van der Waals surface area contributed by atoms with Gasteiger partial charge in [-0.15, -0.1) is 0 Å². The number of hydrogen-bond acceptors (Lipinski definition) is 5. The molecule has 0 radical (unpaired) electrons. The van der Waals surface area contributed by atoms with Crippen molar-refractivity contribution in [1.29, 1.82) is 0 Å². The molecule has 0 fully saturated rings. The molecule has 1 rings (SSSR count). The van der Waals surface area contributed by atoms with Crippen LogP contribution in [0.2, 0.25) is 0 Å². The summed E-state index contributed by atoms with van der Waals surface area (Å²) in [7, 11) is 3.15. The minimum absolute atomic E-state index is 0.0606. The quantitative estimate of drug-likeness (QED) is 0.168. The SMILES string of the molecule is CCN(CC)C(=O)c1cc(OCOC)c(C/C=C(\C)CC/C=C(\C)CCC=C(C)C)c(OCOC)c1. The van der Waals surface area contributed by atoms with Gasteiger partial charge in [0.05, 0.1) is 0 Å². The number of hydrogen-bond donors (Lipinski definition) is 0. The number of ether oxygens (including phenoxy) is 4. The fourth-order valence-electron chi connectivity index (χ4n) is 3.76. The number of carbonyl (C=O) groups is 1. The predicted molar refractivity (Wildman–Crippen MR) is 148 cm³/mol. The van der Waals surface area contributed by atoms with Gasteiger partial charge in [0, 0.05) is 38.4 Å². The van der Waals surface area contributed by atoms with Crippen molar-refractivity contribution in [2.24, 2.45) is 0 Å². The molecule has 1 aromatic rings. The second-order valence-electron chi connectivity index (χ2n) is 9.19. The number of allylic oxidation sites excluding steroid dienone is 6. The highest BCUT2D eigenvalue weighted by Crippen LogP contribution is 2.33. The maximum absolute atomic E-state index is 13.0. The van der Waals surface area contributed by atoms with Gasteiger partial charge < -0.3 is 23.8 Å². The van der Waals surface area contributed by atoms with Gasteiger partial charge in [-0.1, -0.05) is 34.9 Å². The Morgan fingerprint density at radius 1 is 0.806 bits per heavy atom. The fourth-order valence-corrected chi connectivity index (χ4v) is 3.76. The molecule has 1 amide bonds. The molecule has 0 heterocycles. The zero-order valence-corrected chi connectivity index (χ0v) is 23.7. The summed E-state index contributed by atoms with van der Waals surface area (Å²) in [5, 5.41) is 0. The molecule has 0 aliphatic rings. The number of carbonyl (C=O) groups excluding carboxylic acids is 1. The first-order valence-electron chi connectivity index (χ1n) is 12.9. The van der Waals surface area contributed by atoms with E-state index in [4.69, 9.17) is 18.9 Å². The van der Waals surface area contributed by atoms with Crippen LogP contribution in [0.4, 0.5) is 0 Å². The molecule has 0 aliphatic heterocycles. The summed E-state index contributed by atoms with van der Waals surface area (Å²) in [6.07, 6.45) is 11.6. The third-order valence-electron chi connectivity index (χ3n) is 5.91. The van der Waals surface area contributed by atoms with Crippen LogP contribution in [-0.4, -0.2) is 51.7 Å². The average Bonchev–Trinajstić information content (AvgIpc) is 2.85. The third-order valence-corrected chi connectivity index (χ3v) is 5.91. The van der Waals surface area contributed by atoms with Crippen LogP contribution in [0.15, 0.2) is 47.1 Å². The van der Waals surface area contributed by atoms with E-state index in [2.05, 4.69) is 45.9 Å². The van der Waals surface area contributed by atoms with Crippen molar-refractivity contribution in [3.63, 3.8) is 0 Å². The zero-order valence-electron chi connectivity index (χ0n) is 23.7. The summed E-state index contributed by atoms with van der Waals surface area (Å²) in [5.74, 6) is 1.11. The van der Waals surface area contributed by atoms with Crippen molar-refractivity contribution < 1.29 is 23.7 Å². The van der Waals surface area contributed by atoms with Crippen LogP contribution < -0.4 is 9.47 Å². The standard InChI is InChI=1S/C30H47NO5/c1-9-31(10-2)30(32)26-19-28(35-21-33-7)27(29(20-26)36-22-34-8)18-17-25(6)16-12-15-24(5)14-11-13-23(3)4/h13,15,17,19-20H,9-12,14,16,18,21-22H2,1-8H3/b24-15+,25-17+. The Kier molecular flexibility index (Phi) is 15.6. The zero-order chi connectivity index (χ0) is 26.9. The molecule has 0 aliphatic carbocycles. The van der Waals surface area contributed by atoms with E-state index in [0.717, 1.165) is 31.2 Å². The lowest BCUT2D eigenvalue weighted by Crippen LogP contribution is -2.30. The second kappa shape index (κ2) is 17.8. The smallest absolute Gasteiger partial charge is 0.254 e. The topological polar surface area (TPSA) is 57.2 Å². The Bertz CT molecular complexity index is 864. The second-order valence-corrected chi connectivity index (χ2v) is 9.19. The van der Waals surface area contributed by atoms with Gasteiger partial charge in [0.25, 0.3) is 5.91 Å². The van der Waals surface area contributed by atoms with Crippen molar-refractivity contribution in [2.75, 3.05) is 40.9 Å². The Hall–Kier alpha value is -2.57. The monoisotopic (exact) mass is 501 g/mol. The highest BCUT2D eigenvalue weighted by atomic mass is 16.7. The number of nitrogens with zero attached hydrogens (tertiary/aromatic N) is 1. The number of methoxy groups -OCH3 is 2. The highest BCUT2D eigenvalue weighted by Gasteiger charge is 2.20. The van der Waals surface area contributed by atoms with E-state index in [-0.39, 0.29) is 19.5 Å². The van der Waals surface area contributed by atoms with Crippen LogP contribution in [0.3, 0.4) is 0 Å². The third kappa shape index (κ3) is 11.4. The molecule has 1 aromatic carbocycles. The first-order valence-corrected chi connectivity index (χ1v) is 12.9. The van der Waals surface area contributed by atoms with Gasteiger partial charge in [-0.3, -0.25) is 4.79 Å². The van der Waals surface area contributed by atoms with Gasteiger partial charge in [-0.25, -0.2) is 0 Å². The first-order chi connectivity index (χ1) is 17.3. The molecule has 6 nitrogen and oxygen atoms in total. The molecule has 0 atom stereocenters. The Balaban J connectivity index is 3.11. The maximum atomic E-state index is 13.0. The van der Waals surface area contributed by atoms with E-state index in [1.54, 1.807) is 31.3 Å². The van der Waals surface area contributed by atoms with E-state index in [9.17, 15) is 4.79 Å². The molecule has 0 aromatic heterocycles. The molecule has 0 N–H and O–H groups in total. The van der Waals surface area contributed by atoms with E-state index < -0.39 is 0 Å². The lowest BCUT2D eigenvalue weighted by atomic mass is 10.0. The maximum Gasteiger partial charge on any atom is 0.254 e. The molecular weight excluding hydrogens is 454 g/mol. The van der Waals surface area contributed by atoms with Crippen molar-refractivity contribution >= 4 is 5.91 Å². The lowest BCUT2D eigenvalue weighted by molar-refractivity contribution is 0.0444. The summed E-state index contributed by atoms with van der Waals surface area (Å²) in [6, 6.07) is 3.58. The largest absolute Gasteiger partial charge is 0.467 e.